The molecule has 0 atom stereocenters. The highest BCUT2D eigenvalue weighted by molar-refractivity contribution is 5.79. The molecule has 2 heteroatoms. The van der Waals surface area contributed by atoms with Gasteiger partial charge in [0.1, 0.15) is 0 Å². The van der Waals surface area contributed by atoms with Crippen molar-refractivity contribution in [2.24, 2.45) is 5.92 Å². The number of carbonyl (C=O) groups is 1. The van der Waals surface area contributed by atoms with Gasteiger partial charge in [-0.3, -0.25) is 4.79 Å². The zero-order chi connectivity index (χ0) is 10.6. The quantitative estimate of drug-likeness (QED) is 0.718. The largest absolute Gasteiger partial charge is 0.329 e. The van der Waals surface area contributed by atoms with E-state index in [2.05, 4.69) is 17.5 Å². The summed E-state index contributed by atoms with van der Waals surface area (Å²) in [5, 5.41) is 2.91. The van der Waals surface area contributed by atoms with E-state index in [-0.39, 0.29) is 13.3 Å². The third-order valence-corrected chi connectivity index (χ3v) is 2.07. The van der Waals surface area contributed by atoms with E-state index < -0.39 is 0 Å². The summed E-state index contributed by atoms with van der Waals surface area (Å²) in [4.78, 5) is 11.4. The average molecular weight is 193 g/mol. The van der Waals surface area contributed by atoms with E-state index in [1.165, 1.54) is 5.57 Å². The summed E-state index contributed by atoms with van der Waals surface area (Å²) in [6.07, 6.45) is 8.90. The van der Waals surface area contributed by atoms with Crippen LogP contribution in [0.2, 0.25) is 0 Å². The fraction of sp³-hybridized carbons (Fsp3) is 0.417. The number of allylic oxidation sites excluding steroid dienone is 5. The van der Waals surface area contributed by atoms with Crippen molar-refractivity contribution >= 4 is 5.91 Å². The molecule has 0 saturated heterocycles. The van der Waals surface area contributed by atoms with E-state index in [4.69, 9.17) is 0 Å². The van der Waals surface area contributed by atoms with Crippen LogP contribution in [0, 0.1) is 5.92 Å². The summed E-state index contributed by atoms with van der Waals surface area (Å²) in [5.74, 6) is 0.116. The second-order valence-corrected chi connectivity index (χ2v) is 3.85. The minimum absolute atomic E-state index is 0. The van der Waals surface area contributed by atoms with Crippen molar-refractivity contribution in [3.63, 3.8) is 0 Å². The number of amides is 1. The molecule has 0 aromatic heterocycles. The van der Waals surface area contributed by atoms with Gasteiger partial charge in [0.05, 0.1) is 0 Å². The van der Waals surface area contributed by atoms with E-state index in [1.54, 1.807) is 0 Å². The van der Waals surface area contributed by atoms with E-state index in [9.17, 15) is 4.79 Å². The Kier molecular flexibility index (Phi) is 3.69. The number of nitrogens with one attached hydrogen (secondary N) is 1. The predicted octanol–water partition coefficient (Wildman–Crippen LogP) is 2.79. The Balaban J connectivity index is 0.00000196. The van der Waals surface area contributed by atoms with Gasteiger partial charge in [-0.2, -0.15) is 0 Å². The lowest BCUT2D eigenvalue weighted by Crippen LogP contribution is -2.26. The van der Waals surface area contributed by atoms with Crippen molar-refractivity contribution in [2.45, 2.75) is 27.2 Å². The summed E-state index contributed by atoms with van der Waals surface area (Å²) in [7, 11) is 0. The molecule has 0 saturated carbocycles. The van der Waals surface area contributed by atoms with Gasteiger partial charge in [-0.05, 0) is 13.0 Å². The van der Waals surface area contributed by atoms with Crippen molar-refractivity contribution in [2.75, 3.05) is 0 Å². The maximum Gasteiger partial charge on any atom is 0.226 e. The Hall–Kier alpha value is -1.31. The Morgan fingerprint density at radius 2 is 2.21 bits per heavy atom. The molecule has 0 aromatic rings. The third-order valence-electron chi connectivity index (χ3n) is 2.07. The van der Waals surface area contributed by atoms with Crippen LogP contribution >= 0.6 is 0 Å². The first-order valence-electron chi connectivity index (χ1n) is 4.94. The van der Waals surface area contributed by atoms with Crippen LogP contribution in [-0.4, -0.2) is 5.91 Å². The molecular weight excluding hydrogens is 174 g/mol. The van der Waals surface area contributed by atoms with Crippen molar-refractivity contribution < 1.29 is 6.22 Å². The maximum atomic E-state index is 11.4. The van der Waals surface area contributed by atoms with Crippen LogP contribution in [0.1, 0.15) is 28.6 Å². The third kappa shape index (κ3) is 3.21. The van der Waals surface area contributed by atoms with Crippen molar-refractivity contribution in [1.29, 1.82) is 0 Å². The number of hydrogen-bond donors (Lipinski definition) is 1. The molecule has 1 rings (SSSR count). The van der Waals surface area contributed by atoms with Gasteiger partial charge in [0.2, 0.25) is 5.91 Å². The zero-order valence-electron chi connectivity index (χ0n) is 9.00. The molecule has 1 aliphatic carbocycles. The van der Waals surface area contributed by atoms with Crippen molar-refractivity contribution in [3.8, 4) is 0 Å². The number of hydrogen-bond acceptors (Lipinski definition) is 1. The van der Waals surface area contributed by atoms with Gasteiger partial charge in [0.25, 0.3) is 0 Å². The molecule has 78 valence electrons. The first-order chi connectivity index (χ1) is 6.59. The van der Waals surface area contributed by atoms with Gasteiger partial charge < -0.3 is 5.32 Å². The summed E-state index contributed by atoms with van der Waals surface area (Å²) in [6, 6.07) is 0. The summed E-state index contributed by atoms with van der Waals surface area (Å²) >= 11 is 0. The topological polar surface area (TPSA) is 29.1 Å². The molecule has 14 heavy (non-hydrogen) atoms. The Bertz CT molecular complexity index is 314. The van der Waals surface area contributed by atoms with Crippen LogP contribution in [0.3, 0.4) is 0 Å². The molecule has 0 bridgehead atoms. The van der Waals surface area contributed by atoms with Crippen LogP contribution in [0.15, 0.2) is 35.6 Å². The Labute approximate surface area is 86.9 Å². The Morgan fingerprint density at radius 3 is 2.86 bits per heavy atom. The lowest BCUT2D eigenvalue weighted by molar-refractivity contribution is -0.123. The molecule has 1 aliphatic rings. The fourth-order valence-electron chi connectivity index (χ4n) is 1.12. The highest BCUT2D eigenvalue weighted by Gasteiger charge is 2.07. The zero-order valence-corrected chi connectivity index (χ0v) is 9.00. The predicted molar refractivity (Wildman–Crippen MR) is 60.7 cm³/mol. The number of carbonyl (C=O) groups excluding carboxylic acids is 1. The minimum Gasteiger partial charge on any atom is -0.329 e. The lowest BCUT2D eigenvalue weighted by Gasteiger charge is -2.08. The molecule has 0 unspecified atom stereocenters. The van der Waals surface area contributed by atoms with Gasteiger partial charge in [0.15, 0.2) is 0 Å². The van der Waals surface area contributed by atoms with Crippen LogP contribution in [-0.2, 0) is 4.79 Å². The molecule has 0 radical (unpaired) electrons. The first kappa shape index (κ1) is 10.8. The van der Waals surface area contributed by atoms with Crippen LogP contribution < -0.4 is 5.32 Å². The minimum atomic E-state index is 0. The lowest BCUT2D eigenvalue weighted by atomic mass is 10.2. The molecule has 0 aliphatic heterocycles. The SMILES string of the molecule is CC1=CC=C(NC(=O)C(C)C)CC=C1.[HH]. The maximum absolute atomic E-state index is 11.4. The molecule has 1 amide bonds. The fourth-order valence-corrected chi connectivity index (χ4v) is 1.12. The normalized spacial score (nSPS) is 16.0. The smallest absolute Gasteiger partial charge is 0.226 e. The van der Waals surface area contributed by atoms with Crippen LogP contribution in [0.4, 0.5) is 0 Å². The summed E-state index contributed by atoms with van der Waals surface area (Å²) in [5.41, 5.74) is 2.18. The number of rotatable bonds is 2. The van der Waals surface area contributed by atoms with Crippen LogP contribution in [0.5, 0.6) is 0 Å². The van der Waals surface area contributed by atoms with E-state index >= 15 is 0 Å². The van der Waals surface area contributed by atoms with Gasteiger partial charge in [-0.25, -0.2) is 0 Å². The Morgan fingerprint density at radius 1 is 1.50 bits per heavy atom. The first-order valence-corrected chi connectivity index (χ1v) is 4.94. The second kappa shape index (κ2) is 4.80. The molecule has 1 N–H and O–H groups in total. The highest BCUT2D eigenvalue weighted by atomic mass is 16.1. The van der Waals surface area contributed by atoms with E-state index in [1.807, 2.05) is 32.9 Å². The van der Waals surface area contributed by atoms with E-state index in [0.717, 1.165) is 12.1 Å². The average Bonchev–Trinajstić information content (AvgIpc) is 2.31. The molecule has 0 aromatic carbocycles. The highest BCUT2D eigenvalue weighted by Crippen LogP contribution is 2.09. The summed E-state index contributed by atoms with van der Waals surface area (Å²) in [6.45, 7) is 5.83. The summed E-state index contributed by atoms with van der Waals surface area (Å²) < 4.78 is 0. The van der Waals surface area contributed by atoms with Gasteiger partial charge in [0, 0.05) is 19.5 Å². The van der Waals surface area contributed by atoms with Crippen molar-refractivity contribution in [3.05, 3.63) is 35.6 Å². The standard InChI is InChI=1S/C12H17NO.H2/c1-9(2)12(14)13-11-6-4-5-10(3)7-8-11;/h4-5,7-9H,6H2,1-3H3,(H,13,14);1H. The molecular formula is C12H19NO. The van der Waals surface area contributed by atoms with Gasteiger partial charge in [-0.1, -0.05) is 37.6 Å². The van der Waals surface area contributed by atoms with Gasteiger partial charge in [-0.15, -0.1) is 0 Å². The van der Waals surface area contributed by atoms with Crippen molar-refractivity contribution in [1.82, 2.24) is 5.32 Å². The molecule has 2 nitrogen and oxygen atoms in total. The monoisotopic (exact) mass is 193 g/mol. The van der Waals surface area contributed by atoms with E-state index in [0.29, 0.717) is 0 Å². The molecule has 0 heterocycles. The molecule has 0 fully saturated rings. The van der Waals surface area contributed by atoms with Gasteiger partial charge >= 0.3 is 0 Å². The molecule has 0 spiro atoms. The van der Waals surface area contributed by atoms with Crippen LogP contribution in [0.25, 0.3) is 0 Å². The second-order valence-electron chi connectivity index (χ2n) is 3.85.